The van der Waals surface area contributed by atoms with Crippen molar-refractivity contribution in [1.82, 2.24) is 0 Å². The highest BCUT2D eigenvalue weighted by atomic mass is 127. The number of halogens is 1. The van der Waals surface area contributed by atoms with Crippen LogP contribution in [0.15, 0.2) is 0 Å². The second-order valence-electron chi connectivity index (χ2n) is 3.03. The molecule has 3 heteroatoms. The molecule has 0 aromatic carbocycles. The van der Waals surface area contributed by atoms with Crippen molar-refractivity contribution in [2.45, 2.75) is 45.8 Å². The highest BCUT2D eigenvalue weighted by molar-refractivity contribution is 14.1. The monoisotopic (exact) mass is 300 g/mol. The lowest BCUT2D eigenvalue weighted by molar-refractivity contribution is -0.126. The van der Waals surface area contributed by atoms with Gasteiger partial charge in [0.2, 0.25) is 0 Å². The molecule has 0 aromatic rings. The fourth-order valence-electron chi connectivity index (χ4n) is 0.855. The average molecular weight is 300 g/mol. The number of hydrogen-bond acceptors (Lipinski definition) is 2. The minimum absolute atomic E-state index is 0.0127. The fourth-order valence-corrected chi connectivity index (χ4v) is 1.36. The van der Waals surface area contributed by atoms with Crippen molar-refractivity contribution >= 4 is 22.6 Å². The molecule has 0 amide bonds. The third kappa shape index (κ3) is 8.97. The van der Waals surface area contributed by atoms with Crippen LogP contribution in [0.1, 0.15) is 39.5 Å². The van der Waals surface area contributed by atoms with Gasteiger partial charge in [-0.1, -0.05) is 49.3 Å². The van der Waals surface area contributed by atoms with E-state index in [1.807, 2.05) is 0 Å². The number of hydrogen-bond donors (Lipinski definition) is 0. The summed E-state index contributed by atoms with van der Waals surface area (Å²) in [5.74, 6) is 0. The third-order valence-corrected chi connectivity index (χ3v) is 2.45. The van der Waals surface area contributed by atoms with Crippen molar-refractivity contribution < 1.29 is 9.47 Å². The molecule has 0 aliphatic heterocycles. The lowest BCUT2D eigenvalue weighted by atomic mass is 10.4. The second-order valence-corrected chi connectivity index (χ2v) is 3.91. The maximum atomic E-state index is 5.55. The van der Waals surface area contributed by atoms with Crippen LogP contribution >= 0.6 is 22.6 Å². The van der Waals surface area contributed by atoms with Gasteiger partial charge in [-0.2, -0.15) is 0 Å². The van der Waals surface area contributed by atoms with Gasteiger partial charge in [0.15, 0.2) is 6.29 Å². The van der Waals surface area contributed by atoms with Gasteiger partial charge in [0.1, 0.15) is 0 Å². The number of alkyl halides is 1. The summed E-state index contributed by atoms with van der Waals surface area (Å²) in [6.45, 7) is 5.99. The average Bonchev–Trinajstić information content (AvgIpc) is 2.16. The molecule has 0 aromatic heterocycles. The lowest BCUT2D eigenvalue weighted by Gasteiger charge is -2.15. The molecule has 13 heavy (non-hydrogen) atoms. The van der Waals surface area contributed by atoms with E-state index >= 15 is 0 Å². The second kappa shape index (κ2) is 10.7. The molecule has 0 saturated heterocycles. The number of rotatable bonds is 9. The zero-order valence-electron chi connectivity index (χ0n) is 8.72. The van der Waals surface area contributed by atoms with Gasteiger partial charge in [0, 0.05) is 13.2 Å². The van der Waals surface area contributed by atoms with Crippen LogP contribution in [0.5, 0.6) is 0 Å². The quantitative estimate of drug-likeness (QED) is 0.281. The Labute approximate surface area is 95.5 Å². The largest absolute Gasteiger partial charge is 0.352 e. The summed E-state index contributed by atoms with van der Waals surface area (Å²) in [5.41, 5.74) is 0. The molecule has 0 aliphatic carbocycles. The molecule has 0 saturated carbocycles. The first-order valence-corrected chi connectivity index (χ1v) is 6.66. The molecular formula is C10H21IO2. The van der Waals surface area contributed by atoms with E-state index in [0.717, 1.165) is 30.5 Å². The van der Waals surface area contributed by atoms with E-state index in [1.54, 1.807) is 0 Å². The normalized spacial score (nSPS) is 11.1. The minimum Gasteiger partial charge on any atom is -0.352 e. The molecule has 0 N–H and O–H groups in total. The standard InChI is InChI=1S/C10H21IO2/c1-3-5-7-12-10(9-11)13-8-6-4-2/h10H,3-9H2,1-2H3. The van der Waals surface area contributed by atoms with Crippen molar-refractivity contribution in [2.75, 3.05) is 17.6 Å². The third-order valence-electron chi connectivity index (χ3n) is 1.73. The smallest absolute Gasteiger partial charge is 0.166 e. The van der Waals surface area contributed by atoms with E-state index in [2.05, 4.69) is 36.4 Å². The highest BCUT2D eigenvalue weighted by Crippen LogP contribution is 2.03. The SMILES string of the molecule is CCCCOC(CI)OCCCC. The molecule has 2 nitrogen and oxygen atoms in total. The summed E-state index contributed by atoms with van der Waals surface area (Å²) in [7, 11) is 0. The minimum atomic E-state index is 0.0127. The van der Waals surface area contributed by atoms with Crippen LogP contribution in [0.4, 0.5) is 0 Å². The zero-order valence-corrected chi connectivity index (χ0v) is 10.9. The van der Waals surface area contributed by atoms with Crippen molar-refractivity contribution in [3.05, 3.63) is 0 Å². The Balaban J connectivity index is 3.28. The van der Waals surface area contributed by atoms with E-state index in [4.69, 9.17) is 9.47 Å². The van der Waals surface area contributed by atoms with Crippen LogP contribution in [-0.2, 0) is 9.47 Å². The van der Waals surface area contributed by atoms with Gasteiger partial charge in [0.25, 0.3) is 0 Å². The Bertz CT molecular complexity index is 88.9. The van der Waals surface area contributed by atoms with Crippen LogP contribution < -0.4 is 0 Å². The van der Waals surface area contributed by atoms with Gasteiger partial charge >= 0.3 is 0 Å². The molecule has 0 aliphatic rings. The van der Waals surface area contributed by atoms with Crippen molar-refractivity contribution in [1.29, 1.82) is 0 Å². The van der Waals surface area contributed by atoms with E-state index in [0.29, 0.717) is 0 Å². The first-order valence-electron chi connectivity index (χ1n) is 5.14. The molecular weight excluding hydrogens is 279 g/mol. The van der Waals surface area contributed by atoms with Crippen LogP contribution in [0.3, 0.4) is 0 Å². The van der Waals surface area contributed by atoms with Crippen LogP contribution in [-0.4, -0.2) is 23.9 Å². The van der Waals surface area contributed by atoms with Crippen LogP contribution in [0.2, 0.25) is 0 Å². The number of unbranched alkanes of at least 4 members (excludes halogenated alkanes) is 2. The van der Waals surface area contributed by atoms with E-state index in [1.165, 1.54) is 12.8 Å². The Morgan fingerprint density at radius 1 is 1.00 bits per heavy atom. The summed E-state index contributed by atoms with van der Waals surface area (Å²) in [4.78, 5) is 0. The molecule has 0 fully saturated rings. The van der Waals surface area contributed by atoms with Crippen molar-refractivity contribution in [3.8, 4) is 0 Å². The van der Waals surface area contributed by atoms with Gasteiger partial charge in [-0.3, -0.25) is 0 Å². The summed E-state index contributed by atoms with van der Waals surface area (Å²) >= 11 is 2.30. The van der Waals surface area contributed by atoms with Gasteiger partial charge in [-0.25, -0.2) is 0 Å². The first kappa shape index (κ1) is 13.7. The number of ether oxygens (including phenoxy) is 2. The predicted octanol–water partition coefficient (Wildman–Crippen LogP) is 3.38. The molecule has 0 bridgehead atoms. The topological polar surface area (TPSA) is 18.5 Å². The summed E-state index contributed by atoms with van der Waals surface area (Å²) in [5, 5.41) is 0. The lowest BCUT2D eigenvalue weighted by Crippen LogP contribution is -2.20. The molecule has 0 spiro atoms. The predicted molar refractivity (Wildman–Crippen MR) is 64.4 cm³/mol. The van der Waals surface area contributed by atoms with E-state index < -0.39 is 0 Å². The molecule has 0 unspecified atom stereocenters. The first-order chi connectivity index (χ1) is 6.35. The Kier molecular flexibility index (Phi) is 11.3. The molecule has 0 radical (unpaired) electrons. The molecule has 0 heterocycles. The van der Waals surface area contributed by atoms with Gasteiger partial charge < -0.3 is 9.47 Å². The van der Waals surface area contributed by atoms with Gasteiger partial charge in [-0.05, 0) is 12.8 Å². The summed E-state index contributed by atoms with van der Waals surface area (Å²) < 4.78 is 12.0. The maximum Gasteiger partial charge on any atom is 0.166 e. The fraction of sp³-hybridized carbons (Fsp3) is 1.00. The van der Waals surface area contributed by atoms with Gasteiger partial charge in [0.05, 0.1) is 4.43 Å². The zero-order chi connectivity index (χ0) is 9.94. The highest BCUT2D eigenvalue weighted by Gasteiger charge is 2.05. The van der Waals surface area contributed by atoms with E-state index in [-0.39, 0.29) is 6.29 Å². The Hall–Kier alpha value is 0.650. The molecule has 0 atom stereocenters. The molecule has 0 rings (SSSR count). The Morgan fingerprint density at radius 2 is 1.46 bits per heavy atom. The van der Waals surface area contributed by atoms with Crippen LogP contribution in [0.25, 0.3) is 0 Å². The maximum absolute atomic E-state index is 5.55. The summed E-state index contributed by atoms with van der Waals surface area (Å²) in [6.07, 6.45) is 4.64. The molecule has 80 valence electrons. The summed E-state index contributed by atoms with van der Waals surface area (Å²) in [6, 6.07) is 0. The van der Waals surface area contributed by atoms with Crippen molar-refractivity contribution in [3.63, 3.8) is 0 Å². The van der Waals surface area contributed by atoms with Gasteiger partial charge in [-0.15, -0.1) is 0 Å². The van der Waals surface area contributed by atoms with Crippen LogP contribution in [0, 0.1) is 0 Å². The Morgan fingerprint density at radius 3 is 1.77 bits per heavy atom. The van der Waals surface area contributed by atoms with Crippen molar-refractivity contribution in [2.24, 2.45) is 0 Å². The van der Waals surface area contributed by atoms with E-state index in [9.17, 15) is 0 Å².